The highest BCUT2D eigenvalue weighted by Gasteiger charge is 2.05. The molecule has 2 rings (SSSR count). The van der Waals surface area contributed by atoms with Crippen molar-refractivity contribution >= 4 is 27.9 Å². The number of rotatable bonds is 1. The van der Waals surface area contributed by atoms with Crippen molar-refractivity contribution < 1.29 is 0 Å². The smallest absolute Gasteiger partial charge is 0.0756 e. The molecule has 0 atom stereocenters. The Bertz CT molecular complexity index is 355. The van der Waals surface area contributed by atoms with E-state index >= 15 is 0 Å². The fraction of sp³-hybridized carbons (Fsp3) is 0.111. The third-order valence-corrected chi connectivity index (χ3v) is 2.20. The predicted octanol–water partition coefficient (Wildman–Crippen LogP) is 2.63. The van der Waals surface area contributed by atoms with Crippen molar-refractivity contribution in [1.82, 2.24) is 0 Å². The zero-order valence-electron chi connectivity index (χ0n) is 6.37. The van der Waals surface area contributed by atoms with Crippen LogP contribution in [-0.4, -0.2) is 11.9 Å². The van der Waals surface area contributed by atoms with Gasteiger partial charge in [0.05, 0.1) is 5.71 Å². The fourth-order valence-corrected chi connectivity index (χ4v) is 1.52. The fourth-order valence-electron chi connectivity index (χ4n) is 1.12. The molecule has 0 aromatic heterocycles. The van der Waals surface area contributed by atoms with Gasteiger partial charge in [0.15, 0.2) is 0 Å². The molecule has 1 aromatic rings. The molecule has 0 unspecified atom stereocenters. The van der Waals surface area contributed by atoms with Gasteiger partial charge in [0.25, 0.3) is 0 Å². The molecule has 0 bridgehead atoms. The SMILES string of the molecule is Brc1cccc(C2=NN=CC2)c1. The minimum absolute atomic E-state index is 0.844. The molecule has 1 aromatic carbocycles. The lowest BCUT2D eigenvalue weighted by Crippen LogP contribution is -1.96. The Morgan fingerprint density at radius 3 is 2.92 bits per heavy atom. The number of benzene rings is 1. The van der Waals surface area contributed by atoms with Gasteiger partial charge in [0.1, 0.15) is 0 Å². The summed E-state index contributed by atoms with van der Waals surface area (Å²) in [5, 5.41) is 7.83. The Morgan fingerprint density at radius 1 is 1.33 bits per heavy atom. The number of halogens is 1. The Hall–Kier alpha value is -0.960. The largest absolute Gasteiger partial charge is 0.163 e. The van der Waals surface area contributed by atoms with Gasteiger partial charge in [-0.3, -0.25) is 0 Å². The van der Waals surface area contributed by atoms with Crippen molar-refractivity contribution in [2.24, 2.45) is 10.2 Å². The van der Waals surface area contributed by atoms with E-state index in [9.17, 15) is 0 Å². The number of hydrogen-bond acceptors (Lipinski definition) is 2. The van der Waals surface area contributed by atoms with E-state index in [1.807, 2.05) is 30.5 Å². The number of hydrogen-bond donors (Lipinski definition) is 0. The Morgan fingerprint density at radius 2 is 2.25 bits per heavy atom. The average Bonchev–Trinajstić information content (AvgIpc) is 2.56. The average molecular weight is 223 g/mol. The van der Waals surface area contributed by atoms with E-state index in [-0.39, 0.29) is 0 Å². The zero-order valence-corrected chi connectivity index (χ0v) is 7.95. The first kappa shape index (κ1) is 7.68. The summed E-state index contributed by atoms with van der Waals surface area (Å²) in [6, 6.07) is 8.09. The normalized spacial score (nSPS) is 14.9. The van der Waals surface area contributed by atoms with Gasteiger partial charge in [-0.15, -0.1) is 0 Å². The Labute approximate surface area is 79.1 Å². The van der Waals surface area contributed by atoms with Crippen molar-refractivity contribution in [3.05, 3.63) is 34.3 Å². The molecule has 60 valence electrons. The predicted molar refractivity (Wildman–Crippen MR) is 53.8 cm³/mol. The van der Waals surface area contributed by atoms with E-state index in [1.54, 1.807) is 0 Å². The first-order chi connectivity index (χ1) is 5.86. The molecule has 12 heavy (non-hydrogen) atoms. The van der Waals surface area contributed by atoms with Gasteiger partial charge < -0.3 is 0 Å². The first-order valence-electron chi connectivity index (χ1n) is 3.70. The van der Waals surface area contributed by atoms with E-state index in [1.165, 1.54) is 0 Å². The standard InChI is InChI=1S/C9H7BrN2/c10-8-3-1-2-7(6-8)9-4-5-11-12-9/h1-3,5-6H,4H2. The second-order valence-corrected chi connectivity index (χ2v) is 3.47. The van der Waals surface area contributed by atoms with E-state index in [0.717, 1.165) is 22.2 Å². The maximum atomic E-state index is 4.01. The van der Waals surface area contributed by atoms with Crippen LogP contribution < -0.4 is 0 Å². The molecular weight excluding hydrogens is 216 g/mol. The summed E-state index contributed by atoms with van der Waals surface area (Å²) in [5.74, 6) is 0. The summed E-state index contributed by atoms with van der Waals surface area (Å²) >= 11 is 3.41. The molecule has 0 saturated heterocycles. The maximum absolute atomic E-state index is 4.01. The maximum Gasteiger partial charge on any atom is 0.0756 e. The molecule has 0 saturated carbocycles. The quantitative estimate of drug-likeness (QED) is 0.699. The van der Waals surface area contributed by atoms with Gasteiger partial charge in [-0.2, -0.15) is 10.2 Å². The van der Waals surface area contributed by atoms with Gasteiger partial charge in [0.2, 0.25) is 0 Å². The van der Waals surface area contributed by atoms with Crippen molar-refractivity contribution in [3.63, 3.8) is 0 Å². The van der Waals surface area contributed by atoms with E-state index < -0.39 is 0 Å². The van der Waals surface area contributed by atoms with Crippen molar-refractivity contribution in [1.29, 1.82) is 0 Å². The van der Waals surface area contributed by atoms with Gasteiger partial charge in [-0.25, -0.2) is 0 Å². The van der Waals surface area contributed by atoms with Crippen LogP contribution in [0.15, 0.2) is 38.9 Å². The summed E-state index contributed by atoms with van der Waals surface area (Å²) < 4.78 is 1.08. The highest BCUT2D eigenvalue weighted by molar-refractivity contribution is 9.10. The van der Waals surface area contributed by atoms with Gasteiger partial charge in [0, 0.05) is 17.1 Å². The molecule has 1 aliphatic rings. The summed E-state index contributed by atoms with van der Waals surface area (Å²) in [6.45, 7) is 0. The Kier molecular flexibility index (Phi) is 2.04. The van der Waals surface area contributed by atoms with Crippen LogP contribution in [0.1, 0.15) is 12.0 Å². The molecule has 1 aliphatic heterocycles. The summed E-state index contributed by atoms with van der Waals surface area (Å²) in [5.41, 5.74) is 2.18. The first-order valence-corrected chi connectivity index (χ1v) is 4.50. The second-order valence-electron chi connectivity index (χ2n) is 2.56. The lowest BCUT2D eigenvalue weighted by Gasteiger charge is -1.98. The van der Waals surface area contributed by atoms with Crippen LogP contribution in [0, 0.1) is 0 Å². The molecule has 0 spiro atoms. The topological polar surface area (TPSA) is 24.7 Å². The van der Waals surface area contributed by atoms with Crippen LogP contribution in [0.2, 0.25) is 0 Å². The monoisotopic (exact) mass is 222 g/mol. The number of nitrogens with zero attached hydrogens (tertiary/aromatic N) is 2. The molecule has 3 heteroatoms. The minimum atomic E-state index is 0.844. The second kappa shape index (κ2) is 3.19. The van der Waals surface area contributed by atoms with Crippen LogP contribution in [-0.2, 0) is 0 Å². The van der Waals surface area contributed by atoms with Crippen LogP contribution in [0.3, 0.4) is 0 Å². The summed E-state index contributed by atoms with van der Waals surface area (Å²) in [7, 11) is 0. The van der Waals surface area contributed by atoms with E-state index in [0.29, 0.717) is 0 Å². The molecule has 1 heterocycles. The lowest BCUT2D eigenvalue weighted by molar-refractivity contribution is 1.28. The van der Waals surface area contributed by atoms with E-state index in [2.05, 4.69) is 26.1 Å². The van der Waals surface area contributed by atoms with Crippen molar-refractivity contribution in [3.8, 4) is 0 Å². The molecule has 0 amide bonds. The van der Waals surface area contributed by atoms with Crippen molar-refractivity contribution in [2.75, 3.05) is 0 Å². The highest BCUT2D eigenvalue weighted by Crippen LogP contribution is 2.14. The minimum Gasteiger partial charge on any atom is -0.163 e. The summed E-state index contributed by atoms with van der Waals surface area (Å²) in [4.78, 5) is 0. The highest BCUT2D eigenvalue weighted by atomic mass is 79.9. The van der Waals surface area contributed by atoms with Crippen LogP contribution in [0.25, 0.3) is 0 Å². The van der Waals surface area contributed by atoms with Crippen LogP contribution in [0.4, 0.5) is 0 Å². The third kappa shape index (κ3) is 1.46. The molecule has 2 nitrogen and oxygen atoms in total. The molecule has 0 radical (unpaired) electrons. The van der Waals surface area contributed by atoms with Crippen LogP contribution in [0.5, 0.6) is 0 Å². The molecular formula is C9H7BrN2. The summed E-state index contributed by atoms with van der Waals surface area (Å²) in [6.07, 6.45) is 2.66. The third-order valence-electron chi connectivity index (χ3n) is 1.70. The van der Waals surface area contributed by atoms with Gasteiger partial charge in [-0.05, 0) is 17.7 Å². The zero-order chi connectivity index (χ0) is 8.39. The van der Waals surface area contributed by atoms with Gasteiger partial charge >= 0.3 is 0 Å². The molecule has 0 aliphatic carbocycles. The van der Waals surface area contributed by atoms with Crippen LogP contribution >= 0.6 is 15.9 Å². The lowest BCUT2D eigenvalue weighted by atomic mass is 10.1. The Balaban J connectivity index is 2.35. The van der Waals surface area contributed by atoms with Crippen molar-refractivity contribution in [2.45, 2.75) is 6.42 Å². The van der Waals surface area contributed by atoms with Gasteiger partial charge in [-0.1, -0.05) is 28.1 Å². The molecule has 0 fully saturated rings. The van der Waals surface area contributed by atoms with E-state index in [4.69, 9.17) is 0 Å². The molecule has 0 N–H and O–H groups in total.